The Labute approximate surface area is 103 Å². The topological polar surface area (TPSA) is 38.7 Å². The fraction of sp³-hybridized carbons (Fsp3) is 0.833. The SMILES string of the molecule is OC1(CF)OCOC(C2CC3C=CC2C3)C1(F)F. The summed E-state index contributed by atoms with van der Waals surface area (Å²) >= 11 is 0. The van der Waals surface area contributed by atoms with Crippen LogP contribution in [0.1, 0.15) is 12.8 Å². The highest BCUT2D eigenvalue weighted by atomic mass is 19.3. The summed E-state index contributed by atoms with van der Waals surface area (Å²) in [4.78, 5) is 0. The van der Waals surface area contributed by atoms with Crippen molar-refractivity contribution in [1.29, 1.82) is 0 Å². The van der Waals surface area contributed by atoms with Gasteiger partial charge in [-0.15, -0.1) is 0 Å². The van der Waals surface area contributed by atoms with E-state index in [-0.39, 0.29) is 11.8 Å². The Kier molecular flexibility index (Phi) is 2.73. The number of halogens is 3. The van der Waals surface area contributed by atoms with Gasteiger partial charge in [-0.3, -0.25) is 0 Å². The van der Waals surface area contributed by atoms with Gasteiger partial charge in [-0.25, -0.2) is 4.39 Å². The summed E-state index contributed by atoms with van der Waals surface area (Å²) < 4.78 is 50.3. The quantitative estimate of drug-likeness (QED) is 0.774. The number of rotatable bonds is 2. The van der Waals surface area contributed by atoms with Crippen molar-refractivity contribution in [2.24, 2.45) is 17.8 Å². The summed E-state index contributed by atoms with van der Waals surface area (Å²) in [6, 6.07) is 0. The molecule has 0 amide bonds. The van der Waals surface area contributed by atoms with E-state index in [2.05, 4.69) is 4.74 Å². The van der Waals surface area contributed by atoms with Crippen molar-refractivity contribution in [2.75, 3.05) is 13.5 Å². The van der Waals surface area contributed by atoms with E-state index in [1.807, 2.05) is 12.2 Å². The first-order valence-electron chi connectivity index (χ1n) is 6.08. The predicted octanol–water partition coefficient (Wildman–Crippen LogP) is 1.86. The molecule has 1 N–H and O–H groups in total. The van der Waals surface area contributed by atoms with Crippen LogP contribution in [0.25, 0.3) is 0 Å². The molecule has 0 radical (unpaired) electrons. The van der Waals surface area contributed by atoms with Crippen LogP contribution >= 0.6 is 0 Å². The minimum Gasteiger partial charge on any atom is -0.359 e. The van der Waals surface area contributed by atoms with Gasteiger partial charge in [0.15, 0.2) is 6.79 Å². The Morgan fingerprint density at radius 1 is 1.28 bits per heavy atom. The van der Waals surface area contributed by atoms with Crippen molar-refractivity contribution in [1.82, 2.24) is 0 Å². The fourth-order valence-corrected chi connectivity index (χ4v) is 3.32. The van der Waals surface area contributed by atoms with Gasteiger partial charge in [-0.2, -0.15) is 8.78 Å². The molecule has 1 heterocycles. The molecule has 1 aliphatic heterocycles. The van der Waals surface area contributed by atoms with E-state index >= 15 is 0 Å². The van der Waals surface area contributed by atoms with Gasteiger partial charge in [0.25, 0.3) is 5.79 Å². The number of alkyl halides is 3. The lowest BCUT2D eigenvalue weighted by molar-refractivity contribution is -0.419. The van der Waals surface area contributed by atoms with E-state index in [9.17, 15) is 18.3 Å². The molecule has 2 fully saturated rings. The van der Waals surface area contributed by atoms with Gasteiger partial charge in [0.1, 0.15) is 12.8 Å². The monoisotopic (exact) mass is 264 g/mol. The zero-order valence-corrected chi connectivity index (χ0v) is 9.69. The van der Waals surface area contributed by atoms with Crippen LogP contribution in [0.5, 0.6) is 0 Å². The molecular formula is C12H15F3O3. The van der Waals surface area contributed by atoms with E-state index in [4.69, 9.17) is 4.74 Å². The second-order valence-corrected chi connectivity index (χ2v) is 5.33. The Morgan fingerprint density at radius 2 is 2.06 bits per heavy atom. The molecular weight excluding hydrogens is 249 g/mol. The van der Waals surface area contributed by atoms with E-state index in [0.717, 1.165) is 6.42 Å². The highest BCUT2D eigenvalue weighted by Gasteiger charge is 2.66. The standard InChI is InChI=1S/C12H15F3O3/c13-5-11(16)12(14,15)10(17-6-18-11)9-4-7-1-2-8(9)3-7/h1-2,7-10,16H,3-6H2. The van der Waals surface area contributed by atoms with Gasteiger partial charge < -0.3 is 14.6 Å². The fourth-order valence-electron chi connectivity index (χ4n) is 3.32. The number of aliphatic hydroxyl groups is 1. The minimum atomic E-state index is -3.73. The molecule has 18 heavy (non-hydrogen) atoms. The molecule has 3 nitrogen and oxygen atoms in total. The van der Waals surface area contributed by atoms with Gasteiger partial charge in [0, 0.05) is 0 Å². The number of hydrogen-bond donors (Lipinski definition) is 1. The van der Waals surface area contributed by atoms with Crippen LogP contribution in [0.4, 0.5) is 13.2 Å². The lowest BCUT2D eigenvalue weighted by atomic mass is 9.82. The van der Waals surface area contributed by atoms with Gasteiger partial charge in [-0.05, 0) is 30.6 Å². The van der Waals surface area contributed by atoms with E-state index in [1.165, 1.54) is 0 Å². The number of fused-ring (bicyclic) bond motifs is 2. The molecule has 2 aliphatic carbocycles. The molecule has 102 valence electrons. The lowest BCUT2D eigenvalue weighted by Crippen LogP contribution is -2.65. The molecule has 3 aliphatic rings. The first-order chi connectivity index (χ1) is 8.48. The normalized spacial score (nSPS) is 49.8. The van der Waals surface area contributed by atoms with Crippen molar-refractivity contribution >= 4 is 0 Å². The maximum Gasteiger partial charge on any atom is 0.329 e. The zero-order chi connectivity index (χ0) is 13.0. The molecule has 5 unspecified atom stereocenters. The molecule has 3 rings (SSSR count). The summed E-state index contributed by atoms with van der Waals surface area (Å²) in [5.74, 6) is -6.82. The second kappa shape index (κ2) is 3.95. The highest BCUT2D eigenvalue weighted by Crippen LogP contribution is 2.51. The average Bonchev–Trinajstić information content (AvgIpc) is 2.94. The average molecular weight is 264 g/mol. The molecule has 5 atom stereocenters. The van der Waals surface area contributed by atoms with Gasteiger partial charge in [0.05, 0.1) is 0 Å². The molecule has 0 aromatic heterocycles. The molecule has 1 saturated carbocycles. The summed E-state index contributed by atoms with van der Waals surface area (Å²) in [6.45, 7) is -2.14. The van der Waals surface area contributed by atoms with Crippen molar-refractivity contribution in [3.05, 3.63) is 12.2 Å². The van der Waals surface area contributed by atoms with Crippen LogP contribution in [0.3, 0.4) is 0 Å². The van der Waals surface area contributed by atoms with Crippen LogP contribution in [0.2, 0.25) is 0 Å². The third-order valence-corrected chi connectivity index (χ3v) is 4.32. The molecule has 6 heteroatoms. The Hall–Kier alpha value is -0.590. The molecule has 2 bridgehead atoms. The number of ether oxygens (including phenoxy) is 2. The first-order valence-corrected chi connectivity index (χ1v) is 6.08. The van der Waals surface area contributed by atoms with E-state index in [1.54, 1.807) is 0 Å². The van der Waals surface area contributed by atoms with Crippen LogP contribution in [-0.4, -0.2) is 36.4 Å². The number of allylic oxidation sites excluding steroid dienone is 2. The van der Waals surface area contributed by atoms with Crippen LogP contribution in [-0.2, 0) is 9.47 Å². The summed E-state index contributed by atoms with van der Waals surface area (Å²) in [5.41, 5.74) is 0. The van der Waals surface area contributed by atoms with Crippen molar-refractivity contribution in [3.63, 3.8) is 0 Å². The third kappa shape index (κ3) is 1.55. The summed E-state index contributed by atoms with van der Waals surface area (Å²) in [7, 11) is 0. The van der Waals surface area contributed by atoms with Crippen LogP contribution in [0, 0.1) is 17.8 Å². The minimum absolute atomic E-state index is 0.0350. The summed E-state index contributed by atoms with van der Waals surface area (Å²) in [6.07, 6.45) is 3.91. The lowest BCUT2D eigenvalue weighted by Gasteiger charge is -2.45. The zero-order valence-electron chi connectivity index (χ0n) is 9.69. The van der Waals surface area contributed by atoms with Gasteiger partial charge in [0.2, 0.25) is 0 Å². The first kappa shape index (κ1) is 12.4. The molecule has 0 spiro atoms. The maximum absolute atomic E-state index is 14.1. The Morgan fingerprint density at radius 3 is 2.61 bits per heavy atom. The van der Waals surface area contributed by atoms with Crippen molar-refractivity contribution < 1.29 is 27.8 Å². The molecule has 0 aromatic carbocycles. The Balaban J connectivity index is 1.85. The largest absolute Gasteiger partial charge is 0.359 e. The molecule has 0 aromatic rings. The summed E-state index contributed by atoms with van der Waals surface area (Å²) in [5, 5.41) is 9.56. The second-order valence-electron chi connectivity index (χ2n) is 5.33. The highest BCUT2D eigenvalue weighted by molar-refractivity contribution is 5.14. The van der Waals surface area contributed by atoms with Crippen LogP contribution < -0.4 is 0 Å². The van der Waals surface area contributed by atoms with Crippen molar-refractivity contribution in [3.8, 4) is 0 Å². The number of hydrogen-bond acceptors (Lipinski definition) is 3. The third-order valence-electron chi connectivity index (χ3n) is 4.32. The molecule has 1 saturated heterocycles. The van der Waals surface area contributed by atoms with Gasteiger partial charge >= 0.3 is 5.92 Å². The van der Waals surface area contributed by atoms with E-state index in [0.29, 0.717) is 12.3 Å². The predicted molar refractivity (Wildman–Crippen MR) is 55.5 cm³/mol. The smallest absolute Gasteiger partial charge is 0.329 e. The van der Waals surface area contributed by atoms with Gasteiger partial charge in [-0.1, -0.05) is 12.2 Å². The van der Waals surface area contributed by atoms with E-state index < -0.39 is 31.3 Å². The Bertz CT molecular complexity index is 374. The van der Waals surface area contributed by atoms with Crippen molar-refractivity contribution in [2.45, 2.75) is 30.7 Å². The maximum atomic E-state index is 14.1. The van der Waals surface area contributed by atoms with Crippen LogP contribution in [0.15, 0.2) is 12.2 Å².